The molecule has 0 amide bonds. The van der Waals surface area contributed by atoms with Crippen LogP contribution in [-0.4, -0.2) is 0 Å². The summed E-state index contributed by atoms with van der Waals surface area (Å²) < 4.78 is 1.35. The maximum absolute atomic E-state index is 2.46. The highest BCUT2D eigenvalue weighted by molar-refractivity contribution is 14.1. The van der Waals surface area contributed by atoms with Crippen molar-refractivity contribution in [2.24, 2.45) is 0 Å². The molecule has 0 saturated heterocycles. The minimum Gasteiger partial charge on any atom is -0.0654 e. The predicted molar refractivity (Wildman–Crippen MR) is 125 cm³/mol. The zero-order valence-electron chi connectivity index (χ0n) is 16.7. The van der Waals surface area contributed by atoms with Gasteiger partial charge in [0, 0.05) is 3.57 Å². The number of aryl methyl sites for hydroxylation is 2. The molecule has 0 radical (unpaired) electrons. The Bertz CT molecular complexity index is 627. The second kappa shape index (κ2) is 12.5. The second-order valence-corrected chi connectivity index (χ2v) is 8.77. The Morgan fingerprint density at radius 1 is 0.692 bits per heavy atom. The molecule has 0 atom stereocenters. The Hall–Kier alpha value is -0.830. The summed E-state index contributed by atoms with van der Waals surface area (Å²) in [7, 11) is 0. The van der Waals surface area contributed by atoms with Crippen LogP contribution in [0.3, 0.4) is 0 Å². The summed E-state index contributed by atoms with van der Waals surface area (Å²) in [4.78, 5) is 0. The molecular formula is C25H35I. The molecule has 0 fully saturated rings. The maximum atomic E-state index is 2.46. The van der Waals surface area contributed by atoms with Crippen LogP contribution < -0.4 is 0 Å². The summed E-state index contributed by atoms with van der Waals surface area (Å²) in [6.07, 6.45) is 15.3. The van der Waals surface area contributed by atoms with Crippen molar-refractivity contribution in [3.63, 3.8) is 0 Å². The third-order valence-corrected chi connectivity index (χ3v) is 6.15. The molecule has 0 heterocycles. The number of unbranched alkanes of at least 4 members (excludes halogenated alkanes) is 9. The van der Waals surface area contributed by atoms with Gasteiger partial charge in [0.25, 0.3) is 0 Å². The van der Waals surface area contributed by atoms with E-state index in [1.807, 2.05) is 0 Å². The normalized spacial score (nSPS) is 11.0. The molecule has 2 aromatic rings. The van der Waals surface area contributed by atoms with Crippen LogP contribution in [0.1, 0.15) is 82.3 Å². The van der Waals surface area contributed by atoms with Crippen LogP contribution in [0.15, 0.2) is 42.5 Å². The molecule has 0 aromatic heterocycles. The summed E-state index contributed by atoms with van der Waals surface area (Å²) in [5, 5.41) is 0. The lowest BCUT2D eigenvalue weighted by atomic mass is 9.99. The fourth-order valence-corrected chi connectivity index (χ4v) is 4.15. The van der Waals surface area contributed by atoms with E-state index in [0.29, 0.717) is 0 Å². The predicted octanol–water partition coefficient (Wildman–Crippen LogP) is 8.73. The molecule has 2 aromatic carbocycles. The standard InChI is InChI=1S/C25H35I/c1-3-4-5-6-7-8-9-10-11-12-13-22-16-19-25(26)24(20-22)23-17-14-21(2)15-18-23/h14-20H,3-13H2,1-2H3. The Morgan fingerprint density at radius 2 is 1.27 bits per heavy atom. The van der Waals surface area contributed by atoms with Gasteiger partial charge in [0.2, 0.25) is 0 Å². The van der Waals surface area contributed by atoms with Crippen molar-refractivity contribution in [2.45, 2.75) is 84.5 Å². The van der Waals surface area contributed by atoms with Crippen LogP contribution in [0.5, 0.6) is 0 Å². The molecule has 0 unspecified atom stereocenters. The lowest BCUT2D eigenvalue weighted by Gasteiger charge is -2.09. The van der Waals surface area contributed by atoms with Crippen molar-refractivity contribution in [3.05, 3.63) is 57.2 Å². The Morgan fingerprint density at radius 3 is 1.88 bits per heavy atom. The number of rotatable bonds is 12. The van der Waals surface area contributed by atoms with E-state index in [-0.39, 0.29) is 0 Å². The zero-order valence-corrected chi connectivity index (χ0v) is 18.9. The van der Waals surface area contributed by atoms with Gasteiger partial charge < -0.3 is 0 Å². The van der Waals surface area contributed by atoms with E-state index in [4.69, 9.17) is 0 Å². The zero-order chi connectivity index (χ0) is 18.6. The van der Waals surface area contributed by atoms with Crippen LogP contribution in [0.4, 0.5) is 0 Å². The molecule has 26 heavy (non-hydrogen) atoms. The molecule has 0 N–H and O–H groups in total. The average molecular weight is 462 g/mol. The van der Waals surface area contributed by atoms with Gasteiger partial charge in [0.15, 0.2) is 0 Å². The van der Waals surface area contributed by atoms with E-state index >= 15 is 0 Å². The van der Waals surface area contributed by atoms with Gasteiger partial charge in [-0.2, -0.15) is 0 Å². The first kappa shape index (κ1) is 21.5. The summed E-state index contributed by atoms with van der Waals surface area (Å²) in [5.41, 5.74) is 5.53. The van der Waals surface area contributed by atoms with Gasteiger partial charge in [-0.05, 0) is 65.1 Å². The molecule has 0 nitrogen and oxygen atoms in total. The van der Waals surface area contributed by atoms with Gasteiger partial charge in [-0.15, -0.1) is 0 Å². The van der Waals surface area contributed by atoms with Crippen molar-refractivity contribution in [3.8, 4) is 11.1 Å². The topological polar surface area (TPSA) is 0 Å². The van der Waals surface area contributed by atoms with Crippen molar-refractivity contribution in [2.75, 3.05) is 0 Å². The third kappa shape index (κ3) is 7.82. The molecule has 142 valence electrons. The summed E-state index contributed by atoms with van der Waals surface area (Å²) in [6, 6.07) is 15.9. The summed E-state index contributed by atoms with van der Waals surface area (Å²) in [5.74, 6) is 0. The number of hydrogen-bond acceptors (Lipinski definition) is 0. The molecule has 0 aliphatic carbocycles. The molecule has 1 heteroatoms. The van der Waals surface area contributed by atoms with Crippen molar-refractivity contribution in [1.29, 1.82) is 0 Å². The molecule has 0 saturated carbocycles. The molecule has 0 bridgehead atoms. The molecule has 0 aliphatic heterocycles. The Balaban J connectivity index is 1.70. The van der Waals surface area contributed by atoms with Crippen LogP contribution in [0.25, 0.3) is 11.1 Å². The van der Waals surface area contributed by atoms with E-state index in [0.717, 1.165) is 0 Å². The monoisotopic (exact) mass is 462 g/mol. The van der Waals surface area contributed by atoms with E-state index in [2.05, 4.69) is 78.9 Å². The number of hydrogen-bond donors (Lipinski definition) is 0. The van der Waals surface area contributed by atoms with Crippen LogP contribution >= 0.6 is 22.6 Å². The van der Waals surface area contributed by atoms with Crippen molar-refractivity contribution >= 4 is 22.6 Å². The van der Waals surface area contributed by atoms with Crippen LogP contribution in [-0.2, 0) is 6.42 Å². The van der Waals surface area contributed by atoms with Gasteiger partial charge in [-0.25, -0.2) is 0 Å². The van der Waals surface area contributed by atoms with E-state index in [1.54, 1.807) is 0 Å². The van der Waals surface area contributed by atoms with Gasteiger partial charge in [0.05, 0.1) is 0 Å². The van der Waals surface area contributed by atoms with Gasteiger partial charge >= 0.3 is 0 Å². The van der Waals surface area contributed by atoms with Gasteiger partial charge in [0.1, 0.15) is 0 Å². The Kier molecular flexibility index (Phi) is 10.4. The highest BCUT2D eigenvalue weighted by Crippen LogP contribution is 2.27. The quantitative estimate of drug-likeness (QED) is 0.219. The molecule has 0 aliphatic rings. The summed E-state index contributed by atoms with van der Waals surface area (Å²) >= 11 is 2.46. The lowest BCUT2D eigenvalue weighted by Crippen LogP contribution is -1.90. The van der Waals surface area contributed by atoms with E-state index in [9.17, 15) is 0 Å². The first-order valence-electron chi connectivity index (χ1n) is 10.6. The number of benzene rings is 2. The fraction of sp³-hybridized carbons (Fsp3) is 0.520. The summed E-state index contributed by atoms with van der Waals surface area (Å²) in [6.45, 7) is 4.44. The van der Waals surface area contributed by atoms with E-state index in [1.165, 1.54) is 96.5 Å². The SMILES string of the molecule is CCCCCCCCCCCCc1ccc(I)c(-c2ccc(C)cc2)c1. The van der Waals surface area contributed by atoms with E-state index < -0.39 is 0 Å². The second-order valence-electron chi connectivity index (χ2n) is 7.61. The first-order valence-corrected chi connectivity index (χ1v) is 11.6. The first-order chi connectivity index (χ1) is 12.7. The molecule has 2 rings (SSSR count). The highest BCUT2D eigenvalue weighted by atomic mass is 127. The fourth-order valence-electron chi connectivity index (χ4n) is 3.50. The largest absolute Gasteiger partial charge is 0.0654 e. The average Bonchev–Trinajstić information content (AvgIpc) is 2.65. The lowest BCUT2D eigenvalue weighted by molar-refractivity contribution is 0.556. The van der Waals surface area contributed by atoms with Crippen LogP contribution in [0.2, 0.25) is 0 Å². The van der Waals surface area contributed by atoms with Crippen LogP contribution in [0, 0.1) is 10.5 Å². The van der Waals surface area contributed by atoms with Crippen molar-refractivity contribution < 1.29 is 0 Å². The Labute approximate surface area is 174 Å². The minimum absolute atomic E-state index is 1.21. The molecule has 0 spiro atoms. The number of halogens is 1. The third-order valence-electron chi connectivity index (χ3n) is 5.21. The smallest absolute Gasteiger partial charge is 0.0208 e. The highest BCUT2D eigenvalue weighted by Gasteiger charge is 2.05. The molecular weight excluding hydrogens is 427 g/mol. The van der Waals surface area contributed by atoms with Crippen molar-refractivity contribution in [1.82, 2.24) is 0 Å². The van der Waals surface area contributed by atoms with Gasteiger partial charge in [-0.3, -0.25) is 0 Å². The van der Waals surface area contributed by atoms with Gasteiger partial charge in [-0.1, -0.05) is 107 Å². The maximum Gasteiger partial charge on any atom is 0.0208 e. The minimum atomic E-state index is 1.21.